The molecule has 0 aliphatic rings. The molecule has 0 aliphatic carbocycles. The molecule has 0 saturated carbocycles. The Hall–Kier alpha value is -1.77. The van der Waals surface area contributed by atoms with Gasteiger partial charge in [0.15, 0.2) is 11.6 Å². The summed E-state index contributed by atoms with van der Waals surface area (Å²) >= 11 is 0. The third kappa shape index (κ3) is 1.69. The lowest BCUT2D eigenvalue weighted by atomic mass is 10.0. The lowest BCUT2D eigenvalue weighted by molar-refractivity contribution is 0.511. The molecule has 2 aromatic rings. The summed E-state index contributed by atoms with van der Waals surface area (Å²) in [6, 6.07) is 5.96. The number of nitrogens with zero attached hydrogens (tertiary/aromatic N) is 1. The lowest BCUT2D eigenvalue weighted by Gasteiger charge is -2.08. The molecular formula is C13H11F2N. The van der Waals surface area contributed by atoms with Crippen molar-refractivity contribution in [1.82, 2.24) is 4.98 Å². The molecule has 2 rings (SSSR count). The minimum absolute atomic E-state index is 0.209. The van der Waals surface area contributed by atoms with E-state index in [-0.39, 0.29) is 5.56 Å². The van der Waals surface area contributed by atoms with Gasteiger partial charge in [-0.15, -0.1) is 0 Å². The maximum atomic E-state index is 13.6. The first-order valence-electron chi connectivity index (χ1n) is 4.98. The van der Waals surface area contributed by atoms with Crippen LogP contribution in [0.5, 0.6) is 0 Å². The van der Waals surface area contributed by atoms with E-state index >= 15 is 0 Å². The molecule has 1 heterocycles. The predicted octanol–water partition coefficient (Wildman–Crippen LogP) is 3.64. The summed E-state index contributed by atoms with van der Waals surface area (Å²) in [5.41, 5.74) is 2.58. The molecule has 1 aromatic heterocycles. The van der Waals surface area contributed by atoms with Crippen LogP contribution in [0.4, 0.5) is 8.78 Å². The Morgan fingerprint density at radius 1 is 1.06 bits per heavy atom. The summed E-state index contributed by atoms with van der Waals surface area (Å²) in [6.07, 6.45) is 1.60. The van der Waals surface area contributed by atoms with Gasteiger partial charge in [0.05, 0.1) is 5.69 Å². The van der Waals surface area contributed by atoms with Gasteiger partial charge in [-0.05, 0) is 43.2 Å². The van der Waals surface area contributed by atoms with E-state index in [2.05, 4.69) is 4.98 Å². The molecule has 0 unspecified atom stereocenters. The van der Waals surface area contributed by atoms with Gasteiger partial charge in [0.1, 0.15) is 0 Å². The molecule has 16 heavy (non-hydrogen) atoms. The van der Waals surface area contributed by atoms with Crippen molar-refractivity contribution in [3.63, 3.8) is 0 Å². The van der Waals surface area contributed by atoms with Crippen LogP contribution in [-0.2, 0) is 0 Å². The van der Waals surface area contributed by atoms with Crippen molar-refractivity contribution in [2.75, 3.05) is 0 Å². The van der Waals surface area contributed by atoms with Crippen LogP contribution >= 0.6 is 0 Å². The van der Waals surface area contributed by atoms with Crippen molar-refractivity contribution >= 4 is 0 Å². The molecule has 0 atom stereocenters. The number of aryl methyl sites for hydroxylation is 1. The fourth-order valence-electron chi connectivity index (χ4n) is 1.59. The lowest BCUT2D eigenvalue weighted by Crippen LogP contribution is -1.95. The second kappa shape index (κ2) is 4.00. The zero-order chi connectivity index (χ0) is 11.7. The average molecular weight is 219 g/mol. The number of rotatable bonds is 1. The highest BCUT2D eigenvalue weighted by Gasteiger charge is 2.13. The average Bonchev–Trinajstić information content (AvgIpc) is 2.27. The van der Waals surface area contributed by atoms with Crippen molar-refractivity contribution in [1.29, 1.82) is 0 Å². The van der Waals surface area contributed by atoms with Crippen molar-refractivity contribution in [3.05, 3.63) is 53.2 Å². The van der Waals surface area contributed by atoms with Crippen LogP contribution in [-0.4, -0.2) is 4.98 Å². The Morgan fingerprint density at radius 3 is 2.56 bits per heavy atom. The Bertz CT molecular complexity index is 486. The third-order valence-electron chi connectivity index (χ3n) is 2.68. The molecule has 0 radical (unpaired) electrons. The van der Waals surface area contributed by atoms with E-state index < -0.39 is 11.6 Å². The summed E-state index contributed by atoms with van der Waals surface area (Å²) in [4.78, 5) is 4.10. The van der Waals surface area contributed by atoms with Crippen LogP contribution in [0, 0.1) is 25.5 Å². The van der Waals surface area contributed by atoms with E-state index in [1.807, 2.05) is 19.9 Å². The first kappa shape index (κ1) is 10.7. The summed E-state index contributed by atoms with van der Waals surface area (Å²) < 4.78 is 26.7. The minimum atomic E-state index is -0.847. The van der Waals surface area contributed by atoms with Gasteiger partial charge >= 0.3 is 0 Å². The quantitative estimate of drug-likeness (QED) is 0.713. The zero-order valence-corrected chi connectivity index (χ0v) is 9.09. The molecule has 82 valence electrons. The Kier molecular flexibility index (Phi) is 2.69. The van der Waals surface area contributed by atoms with Gasteiger partial charge in [0.2, 0.25) is 0 Å². The summed E-state index contributed by atoms with van der Waals surface area (Å²) in [7, 11) is 0. The first-order chi connectivity index (χ1) is 7.61. The van der Waals surface area contributed by atoms with Crippen LogP contribution in [0.3, 0.4) is 0 Å². The number of hydrogen-bond donors (Lipinski definition) is 0. The first-order valence-corrected chi connectivity index (χ1v) is 4.98. The third-order valence-corrected chi connectivity index (χ3v) is 2.68. The van der Waals surface area contributed by atoms with Crippen molar-refractivity contribution < 1.29 is 8.78 Å². The number of halogens is 2. The van der Waals surface area contributed by atoms with Crippen molar-refractivity contribution in [2.45, 2.75) is 13.8 Å². The number of pyridine rings is 1. The Balaban J connectivity index is 2.68. The van der Waals surface area contributed by atoms with E-state index in [9.17, 15) is 8.78 Å². The van der Waals surface area contributed by atoms with E-state index in [0.29, 0.717) is 5.69 Å². The molecule has 0 amide bonds. The van der Waals surface area contributed by atoms with Crippen molar-refractivity contribution in [3.8, 4) is 11.3 Å². The second-order valence-corrected chi connectivity index (χ2v) is 3.70. The van der Waals surface area contributed by atoms with Gasteiger partial charge in [-0.1, -0.05) is 6.07 Å². The van der Waals surface area contributed by atoms with Crippen LogP contribution in [0.2, 0.25) is 0 Å². The molecule has 0 fully saturated rings. The standard InChI is InChI=1S/C13H11F2N/c1-8-6-7-16-13(9(8)2)10-4-3-5-11(14)12(10)15/h3-7H,1-2H3. The number of hydrogen-bond acceptors (Lipinski definition) is 1. The summed E-state index contributed by atoms with van der Waals surface area (Å²) in [6.45, 7) is 3.76. The molecule has 0 saturated heterocycles. The maximum absolute atomic E-state index is 13.6. The monoisotopic (exact) mass is 219 g/mol. The zero-order valence-electron chi connectivity index (χ0n) is 9.09. The highest BCUT2D eigenvalue weighted by atomic mass is 19.2. The molecule has 3 heteroatoms. The summed E-state index contributed by atoms with van der Waals surface area (Å²) in [5.74, 6) is -1.69. The van der Waals surface area contributed by atoms with Gasteiger partial charge in [-0.25, -0.2) is 8.78 Å². The van der Waals surface area contributed by atoms with E-state index in [1.54, 1.807) is 6.20 Å². The fraction of sp³-hybridized carbons (Fsp3) is 0.154. The molecular weight excluding hydrogens is 208 g/mol. The Labute approximate surface area is 92.8 Å². The van der Waals surface area contributed by atoms with E-state index in [4.69, 9.17) is 0 Å². The fourth-order valence-corrected chi connectivity index (χ4v) is 1.59. The van der Waals surface area contributed by atoms with Crippen LogP contribution in [0.25, 0.3) is 11.3 Å². The van der Waals surface area contributed by atoms with E-state index in [1.165, 1.54) is 12.1 Å². The van der Waals surface area contributed by atoms with E-state index in [0.717, 1.165) is 17.2 Å². The smallest absolute Gasteiger partial charge is 0.168 e. The normalized spacial score (nSPS) is 10.5. The van der Waals surface area contributed by atoms with Gasteiger partial charge in [-0.2, -0.15) is 0 Å². The SMILES string of the molecule is Cc1ccnc(-c2cccc(F)c2F)c1C. The van der Waals surface area contributed by atoms with Gasteiger partial charge < -0.3 is 0 Å². The van der Waals surface area contributed by atoms with Gasteiger partial charge in [0.25, 0.3) is 0 Å². The second-order valence-electron chi connectivity index (χ2n) is 3.70. The number of benzene rings is 1. The largest absolute Gasteiger partial charge is 0.256 e. The molecule has 1 aromatic carbocycles. The predicted molar refractivity (Wildman–Crippen MR) is 59.1 cm³/mol. The van der Waals surface area contributed by atoms with Gasteiger partial charge in [0, 0.05) is 11.8 Å². The molecule has 1 nitrogen and oxygen atoms in total. The molecule has 0 spiro atoms. The highest BCUT2D eigenvalue weighted by molar-refractivity contribution is 5.64. The molecule has 0 aliphatic heterocycles. The Morgan fingerprint density at radius 2 is 1.81 bits per heavy atom. The highest BCUT2D eigenvalue weighted by Crippen LogP contribution is 2.26. The maximum Gasteiger partial charge on any atom is 0.168 e. The minimum Gasteiger partial charge on any atom is -0.256 e. The molecule has 0 N–H and O–H groups in total. The van der Waals surface area contributed by atoms with Crippen molar-refractivity contribution in [2.24, 2.45) is 0 Å². The number of aromatic nitrogens is 1. The molecule has 0 bridgehead atoms. The topological polar surface area (TPSA) is 12.9 Å². The van der Waals surface area contributed by atoms with Crippen LogP contribution in [0.15, 0.2) is 30.5 Å². The summed E-state index contributed by atoms with van der Waals surface area (Å²) in [5, 5.41) is 0. The van der Waals surface area contributed by atoms with Gasteiger partial charge in [-0.3, -0.25) is 4.98 Å². The van der Waals surface area contributed by atoms with Crippen LogP contribution in [0.1, 0.15) is 11.1 Å². The van der Waals surface area contributed by atoms with Crippen LogP contribution < -0.4 is 0 Å².